The lowest BCUT2D eigenvalue weighted by molar-refractivity contribution is -0.660. The maximum Gasteiger partial charge on any atom is 0.417 e. The van der Waals surface area contributed by atoms with Gasteiger partial charge in [0.25, 0.3) is 0 Å². The maximum atomic E-state index is 13.9. The second-order valence-electron chi connectivity index (χ2n) is 8.42. The normalized spacial score (nSPS) is 14.3. The van der Waals surface area contributed by atoms with Crippen molar-refractivity contribution in [2.24, 2.45) is 7.05 Å². The molecule has 0 aliphatic carbocycles. The van der Waals surface area contributed by atoms with Gasteiger partial charge in [0.2, 0.25) is 5.69 Å². The third-order valence-electron chi connectivity index (χ3n) is 5.11. The van der Waals surface area contributed by atoms with E-state index in [2.05, 4.69) is 19.6 Å². The average Bonchev–Trinajstić information content (AvgIpc) is 2.66. The molecule has 3 aromatic rings. The van der Waals surface area contributed by atoms with Crippen molar-refractivity contribution in [3.05, 3.63) is 71.4 Å². The predicted octanol–water partition coefficient (Wildman–Crippen LogP) is 6.03. The highest BCUT2D eigenvalue weighted by Gasteiger charge is 2.35. The maximum absolute atomic E-state index is 13.9. The number of aromatic nitrogens is 1. The first-order valence-corrected chi connectivity index (χ1v) is 12.9. The van der Waals surface area contributed by atoms with Crippen LogP contribution in [0.3, 0.4) is 0 Å². The van der Waals surface area contributed by atoms with Crippen LogP contribution in [-0.4, -0.2) is 8.07 Å². The van der Waals surface area contributed by atoms with E-state index < -0.39 is 26.7 Å². The van der Waals surface area contributed by atoms with E-state index in [-0.39, 0.29) is 5.56 Å². The molecule has 3 rings (SSSR count). The van der Waals surface area contributed by atoms with E-state index in [9.17, 15) is 13.2 Å². The van der Waals surface area contributed by atoms with Gasteiger partial charge in [-0.05, 0) is 47.8 Å². The number of hydrogen-bond acceptors (Lipinski definition) is 0. The van der Waals surface area contributed by atoms with Gasteiger partial charge in [-0.2, -0.15) is 13.2 Å². The number of benzene rings is 2. The van der Waals surface area contributed by atoms with Crippen molar-refractivity contribution in [3.63, 3.8) is 0 Å². The summed E-state index contributed by atoms with van der Waals surface area (Å²) in [5, 5.41) is 0.783. The van der Waals surface area contributed by atoms with E-state index in [1.54, 1.807) is 61.1 Å². The van der Waals surface area contributed by atoms with Crippen molar-refractivity contribution in [2.45, 2.75) is 39.6 Å². The van der Waals surface area contributed by atoms with Gasteiger partial charge < -0.3 is 0 Å². The van der Waals surface area contributed by atoms with Gasteiger partial charge in [-0.3, -0.25) is 0 Å². The van der Waals surface area contributed by atoms with E-state index in [1.165, 1.54) is 6.07 Å². The molecule has 152 valence electrons. The van der Waals surface area contributed by atoms with Crippen LogP contribution in [-0.2, 0) is 13.2 Å². The highest BCUT2D eigenvalue weighted by molar-refractivity contribution is 6.89. The zero-order valence-corrected chi connectivity index (χ0v) is 18.3. The first-order chi connectivity index (χ1) is 14.6. The third-order valence-corrected chi connectivity index (χ3v) is 7.14. The minimum absolute atomic E-state index is 0.105. The van der Waals surface area contributed by atoms with Gasteiger partial charge in [-0.1, -0.05) is 50.0 Å². The van der Waals surface area contributed by atoms with Crippen LogP contribution in [0.4, 0.5) is 13.2 Å². The molecular formula is C24H27F3NSi+. The number of alkyl halides is 3. The fourth-order valence-electron chi connectivity index (χ4n) is 3.61. The summed E-state index contributed by atoms with van der Waals surface area (Å²) in [6, 6.07) is 13.1. The number of hydrogen-bond donors (Lipinski definition) is 0. The molecule has 0 spiro atoms. The fourth-order valence-corrected chi connectivity index (χ4v) is 5.05. The standard InChI is InChI=1S/C24H27F3NSi/c1-16-12-21(24(25,26)27)20(18-10-8-7-9-11-18)13-19(16)22-14-23(29(4,5)6)17(2)15-28(22)3/h7-15H,1-6H3/q+1/i2D3. The molecule has 0 fully saturated rings. The van der Waals surface area contributed by atoms with Crippen LogP contribution in [0.15, 0.2) is 54.7 Å². The molecule has 0 saturated heterocycles. The van der Waals surface area contributed by atoms with E-state index in [0.717, 1.165) is 5.19 Å². The number of pyridine rings is 1. The molecule has 0 aliphatic rings. The van der Waals surface area contributed by atoms with E-state index in [4.69, 9.17) is 4.11 Å². The predicted molar refractivity (Wildman–Crippen MR) is 116 cm³/mol. The summed E-state index contributed by atoms with van der Waals surface area (Å²) in [6.07, 6.45) is -2.89. The molecule has 5 heteroatoms. The van der Waals surface area contributed by atoms with Gasteiger partial charge in [-0.15, -0.1) is 0 Å². The lowest BCUT2D eigenvalue weighted by Crippen LogP contribution is -2.44. The van der Waals surface area contributed by atoms with Crippen LogP contribution in [0.2, 0.25) is 19.6 Å². The Labute approximate surface area is 176 Å². The van der Waals surface area contributed by atoms with Gasteiger partial charge in [0, 0.05) is 21.3 Å². The molecule has 29 heavy (non-hydrogen) atoms. The molecule has 0 amide bonds. The van der Waals surface area contributed by atoms with Crippen LogP contribution in [0.25, 0.3) is 22.4 Å². The zero-order chi connectivity index (χ0) is 24.1. The Kier molecular flexibility index (Phi) is 4.48. The topological polar surface area (TPSA) is 3.88 Å². The van der Waals surface area contributed by atoms with Crippen molar-refractivity contribution in [1.29, 1.82) is 0 Å². The Morgan fingerprint density at radius 2 is 1.59 bits per heavy atom. The Morgan fingerprint density at radius 3 is 2.14 bits per heavy atom. The molecule has 1 aromatic heterocycles. The smallest absolute Gasteiger partial charge is 0.201 e. The van der Waals surface area contributed by atoms with Crippen LogP contribution >= 0.6 is 0 Å². The molecule has 0 atom stereocenters. The number of halogens is 3. The summed E-state index contributed by atoms with van der Waals surface area (Å²) >= 11 is 0. The summed E-state index contributed by atoms with van der Waals surface area (Å²) < 4.78 is 67.2. The molecule has 0 bridgehead atoms. The third kappa shape index (κ3) is 4.30. The fraction of sp³-hybridized carbons (Fsp3) is 0.292. The second-order valence-corrected chi connectivity index (χ2v) is 13.5. The van der Waals surface area contributed by atoms with Crippen LogP contribution in [0.1, 0.15) is 20.8 Å². The summed E-state index contributed by atoms with van der Waals surface area (Å²) in [5.41, 5.74) is 2.03. The molecule has 0 N–H and O–H groups in total. The SMILES string of the molecule is [2H]C([2H])([2H])c1c[n+](C)c(-c2cc(-c3ccccc3)c(C(F)(F)F)cc2C)cc1[Si](C)(C)C. The molecule has 1 heterocycles. The first kappa shape index (κ1) is 17.5. The minimum Gasteiger partial charge on any atom is -0.201 e. The van der Waals surface area contributed by atoms with Gasteiger partial charge in [0.15, 0.2) is 6.20 Å². The Hall–Kier alpha value is -2.40. The first-order valence-electron chi connectivity index (χ1n) is 10.9. The summed E-state index contributed by atoms with van der Waals surface area (Å²) in [5.74, 6) is 0. The Balaban J connectivity index is 2.36. The van der Waals surface area contributed by atoms with Gasteiger partial charge in [0.05, 0.1) is 13.6 Å². The number of aryl methyl sites for hydroxylation is 3. The van der Waals surface area contributed by atoms with Crippen molar-refractivity contribution in [2.75, 3.05) is 0 Å². The molecule has 0 radical (unpaired) electrons. The summed E-state index contributed by atoms with van der Waals surface area (Å²) in [7, 11) is -0.330. The molecule has 2 aromatic carbocycles. The highest BCUT2D eigenvalue weighted by atomic mass is 28.3. The van der Waals surface area contributed by atoms with Crippen molar-refractivity contribution >= 4 is 13.3 Å². The molecule has 0 saturated carbocycles. The Bertz CT molecular complexity index is 1150. The van der Waals surface area contributed by atoms with Gasteiger partial charge >= 0.3 is 6.18 Å². The van der Waals surface area contributed by atoms with Crippen LogP contribution < -0.4 is 9.75 Å². The largest absolute Gasteiger partial charge is 0.417 e. The van der Waals surface area contributed by atoms with Crippen molar-refractivity contribution in [1.82, 2.24) is 0 Å². The number of rotatable bonds is 3. The lowest BCUT2D eigenvalue weighted by atomic mass is 9.92. The summed E-state index contributed by atoms with van der Waals surface area (Å²) in [6.45, 7) is 5.59. The molecule has 0 unspecified atom stereocenters. The lowest BCUT2D eigenvalue weighted by Gasteiger charge is -2.20. The van der Waals surface area contributed by atoms with Gasteiger partial charge in [-0.25, -0.2) is 4.57 Å². The number of nitrogens with zero attached hydrogens (tertiary/aromatic N) is 1. The van der Waals surface area contributed by atoms with Crippen LogP contribution in [0.5, 0.6) is 0 Å². The second kappa shape index (κ2) is 7.45. The zero-order valence-electron chi connectivity index (χ0n) is 20.3. The van der Waals surface area contributed by atoms with Crippen LogP contribution in [0, 0.1) is 13.8 Å². The average molecular weight is 418 g/mol. The molecular weight excluding hydrogens is 387 g/mol. The van der Waals surface area contributed by atoms with E-state index in [1.807, 2.05) is 6.07 Å². The monoisotopic (exact) mass is 417 g/mol. The highest BCUT2D eigenvalue weighted by Crippen LogP contribution is 2.40. The van der Waals surface area contributed by atoms with Crippen molar-refractivity contribution < 1.29 is 21.9 Å². The minimum atomic E-state index is -4.49. The molecule has 0 aliphatic heterocycles. The van der Waals surface area contributed by atoms with Gasteiger partial charge in [0.1, 0.15) is 7.05 Å². The van der Waals surface area contributed by atoms with E-state index in [0.29, 0.717) is 27.9 Å². The Morgan fingerprint density at radius 1 is 0.931 bits per heavy atom. The molecule has 1 nitrogen and oxygen atoms in total. The van der Waals surface area contributed by atoms with E-state index >= 15 is 0 Å². The van der Waals surface area contributed by atoms with Crippen molar-refractivity contribution in [3.8, 4) is 22.4 Å². The summed E-state index contributed by atoms with van der Waals surface area (Å²) in [4.78, 5) is 0. The quantitative estimate of drug-likeness (QED) is 0.362.